The SMILES string of the molecule is CCOC(=O)c1cc(Cl)c(OCc2cc(=O)n3c(C)csc3n2)c(Cl)c1. The molecule has 0 amide bonds. The highest BCUT2D eigenvalue weighted by Crippen LogP contribution is 2.35. The molecule has 0 atom stereocenters. The normalized spacial score (nSPS) is 10.9. The largest absolute Gasteiger partial charge is 0.484 e. The molecule has 0 bridgehead atoms. The van der Waals surface area contributed by atoms with Gasteiger partial charge in [-0.3, -0.25) is 9.20 Å². The third kappa shape index (κ3) is 3.70. The number of rotatable bonds is 5. The number of ether oxygens (including phenoxy) is 2. The van der Waals surface area contributed by atoms with Gasteiger partial charge in [-0.1, -0.05) is 23.2 Å². The van der Waals surface area contributed by atoms with Crippen molar-refractivity contribution in [2.75, 3.05) is 6.61 Å². The van der Waals surface area contributed by atoms with E-state index in [1.165, 1.54) is 33.9 Å². The number of hydrogen-bond acceptors (Lipinski definition) is 6. The molecule has 26 heavy (non-hydrogen) atoms. The van der Waals surface area contributed by atoms with Crippen molar-refractivity contribution >= 4 is 45.5 Å². The second-order valence-electron chi connectivity index (χ2n) is 5.36. The summed E-state index contributed by atoms with van der Waals surface area (Å²) in [4.78, 5) is 28.9. The van der Waals surface area contributed by atoms with Crippen LogP contribution < -0.4 is 10.3 Å². The summed E-state index contributed by atoms with van der Waals surface area (Å²) < 4.78 is 12.1. The summed E-state index contributed by atoms with van der Waals surface area (Å²) in [6.45, 7) is 3.81. The number of carbonyl (C=O) groups is 1. The van der Waals surface area contributed by atoms with E-state index < -0.39 is 5.97 Å². The average molecular weight is 413 g/mol. The smallest absolute Gasteiger partial charge is 0.338 e. The summed E-state index contributed by atoms with van der Waals surface area (Å²) in [7, 11) is 0. The second-order valence-corrected chi connectivity index (χ2v) is 7.01. The number of esters is 1. The molecule has 0 spiro atoms. The van der Waals surface area contributed by atoms with E-state index in [9.17, 15) is 9.59 Å². The lowest BCUT2D eigenvalue weighted by molar-refractivity contribution is 0.0526. The van der Waals surface area contributed by atoms with E-state index in [1.54, 1.807) is 6.92 Å². The van der Waals surface area contributed by atoms with Crippen molar-refractivity contribution < 1.29 is 14.3 Å². The first-order valence-electron chi connectivity index (χ1n) is 7.66. The molecule has 6 nitrogen and oxygen atoms in total. The number of aryl methyl sites for hydroxylation is 1. The zero-order valence-electron chi connectivity index (χ0n) is 13.9. The highest BCUT2D eigenvalue weighted by molar-refractivity contribution is 7.15. The van der Waals surface area contributed by atoms with Gasteiger partial charge in [-0.2, -0.15) is 0 Å². The maximum Gasteiger partial charge on any atom is 0.338 e. The topological polar surface area (TPSA) is 69.9 Å². The lowest BCUT2D eigenvalue weighted by Gasteiger charge is -2.11. The summed E-state index contributed by atoms with van der Waals surface area (Å²) in [6, 6.07) is 4.26. The number of thiazole rings is 1. The van der Waals surface area contributed by atoms with Gasteiger partial charge in [0.1, 0.15) is 6.61 Å². The maximum atomic E-state index is 12.2. The lowest BCUT2D eigenvalue weighted by Crippen LogP contribution is -2.16. The minimum Gasteiger partial charge on any atom is -0.484 e. The van der Waals surface area contributed by atoms with Crippen LogP contribution in [0.4, 0.5) is 0 Å². The molecular formula is C17H14Cl2N2O4S. The van der Waals surface area contributed by atoms with Crippen molar-refractivity contribution in [3.05, 3.63) is 60.9 Å². The molecule has 2 heterocycles. The number of aromatic nitrogens is 2. The molecule has 0 unspecified atom stereocenters. The molecule has 2 aromatic heterocycles. The number of benzene rings is 1. The van der Waals surface area contributed by atoms with E-state index in [1.807, 2.05) is 12.3 Å². The van der Waals surface area contributed by atoms with Gasteiger partial charge in [-0.15, -0.1) is 11.3 Å². The van der Waals surface area contributed by atoms with E-state index in [2.05, 4.69) is 4.98 Å². The van der Waals surface area contributed by atoms with Crippen LogP contribution in [0.15, 0.2) is 28.4 Å². The number of hydrogen-bond donors (Lipinski definition) is 0. The fourth-order valence-corrected chi connectivity index (χ4v) is 3.84. The molecule has 0 aliphatic carbocycles. The second kappa shape index (κ2) is 7.65. The summed E-state index contributed by atoms with van der Waals surface area (Å²) in [5.41, 5.74) is 1.34. The molecule has 0 fully saturated rings. The number of carbonyl (C=O) groups excluding carboxylic acids is 1. The quantitative estimate of drug-likeness (QED) is 0.589. The molecule has 3 rings (SSSR count). The summed E-state index contributed by atoms with van der Waals surface area (Å²) in [5.74, 6) is -0.304. The number of fused-ring (bicyclic) bond motifs is 1. The maximum absolute atomic E-state index is 12.2. The molecule has 136 valence electrons. The van der Waals surface area contributed by atoms with Gasteiger partial charge in [-0.05, 0) is 26.0 Å². The van der Waals surface area contributed by atoms with Gasteiger partial charge in [0.05, 0.1) is 27.9 Å². The molecule has 0 aliphatic heterocycles. The van der Waals surface area contributed by atoms with Crippen LogP contribution in [0.5, 0.6) is 5.75 Å². The molecule has 9 heteroatoms. The Balaban J connectivity index is 1.84. The van der Waals surface area contributed by atoms with Gasteiger partial charge in [0.15, 0.2) is 10.7 Å². The van der Waals surface area contributed by atoms with Crippen molar-refractivity contribution in [1.82, 2.24) is 9.38 Å². The van der Waals surface area contributed by atoms with Gasteiger partial charge in [0.2, 0.25) is 0 Å². The van der Waals surface area contributed by atoms with E-state index >= 15 is 0 Å². The fourth-order valence-electron chi connectivity index (χ4n) is 2.35. The van der Waals surface area contributed by atoms with Gasteiger partial charge in [0, 0.05) is 17.1 Å². The van der Waals surface area contributed by atoms with E-state index in [-0.39, 0.29) is 40.1 Å². The predicted molar refractivity (Wildman–Crippen MR) is 101 cm³/mol. The number of nitrogens with zero attached hydrogens (tertiary/aromatic N) is 2. The van der Waals surface area contributed by atoms with E-state index in [0.29, 0.717) is 10.7 Å². The third-order valence-corrected chi connectivity index (χ3v) is 5.01. The van der Waals surface area contributed by atoms with E-state index in [4.69, 9.17) is 32.7 Å². The Hall–Kier alpha value is -2.09. The molecule has 3 aromatic rings. The van der Waals surface area contributed by atoms with Crippen molar-refractivity contribution in [1.29, 1.82) is 0 Å². The first-order chi connectivity index (χ1) is 12.4. The zero-order valence-corrected chi connectivity index (χ0v) is 16.2. The van der Waals surface area contributed by atoms with Crippen LogP contribution in [0.3, 0.4) is 0 Å². The first-order valence-corrected chi connectivity index (χ1v) is 9.30. The molecular weight excluding hydrogens is 399 g/mol. The summed E-state index contributed by atoms with van der Waals surface area (Å²) >= 11 is 13.7. The van der Waals surface area contributed by atoms with Crippen LogP contribution in [0.2, 0.25) is 10.0 Å². The monoisotopic (exact) mass is 412 g/mol. The standard InChI is InChI=1S/C17H14Cl2N2O4S/c1-3-24-16(23)10-4-12(18)15(13(19)5-10)25-7-11-6-14(22)21-9(2)8-26-17(21)20-11/h4-6,8H,3,7H2,1-2H3. The first kappa shape index (κ1) is 18.7. The van der Waals surface area contributed by atoms with Crippen molar-refractivity contribution in [2.45, 2.75) is 20.5 Å². The van der Waals surface area contributed by atoms with Gasteiger partial charge >= 0.3 is 5.97 Å². The Morgan fingerprint density at radius 2 is 1.96 bits per heavy atom. The Kier molecular flexibility index (Phi) is 5.50. The molecule has 0 radical (unpaired) electrons. The Morgan fingerprint density at radius 3 is 2.62 bits per heavy atom. The highest BCUT2D eigenvalue weighted by Gasteiger charge is 2.16. The van der Waals surface area contributed by atoms with Gasteiger partial charge in [0.25, 0.3) is 5.56 Å². The van der Waals surface area contributed by atoms with Gasteiger partial charge in [-0.25, -0.2) is 9.78 Å². The minimum absolute atomic E-state index is 0.0148. The van der Waals surface area contributed by atoms with Crippen LogP contribution in [0.1, 0.15) is 28.7 Å². The zero-order chi connectivity index (χ0) is 18.8. The van der Waals surface area contributed by atoms with Crippen molar-refractivity contribution in [2.24, 2.45) is 0 Å². The summed E-state index contributed by atoms with van der Waals surface area (Å²) in [5, 5.41) is 2.20. The Morgan fingerprint density at radius 1 is 1.27 bits per heavy atom. The van der Waals surface area contributed by atoms with Crippen molar-refractivity contribution in [3.63, 3.8) is 0 Å². The molecule has 0 saturated heterocycles. The summed E-state index contributed by atoms with van der Waals surface area (Å²) in [6.07, 6.45) is 0. The molecule has 1 aromatic carbocycles. The van der Waals surface area contributed by atoms with Crippen LogP contribution >= 0.6 is 34.5 Å². The van der Waals surface area contributed by atoms with Crippen molar-refractivity contribution in [3.8, 4) is 5.75 Å². The van der Waals surface area contributed by atoms with Crippen LogP contribution in [0, 0.1) is 6.92 Å². The van der Waals surface area contributed by atoms with Crippen LogP contribution in [-0.4, -0.2) is 22.0 Å². The Bertz CT molecular complexity index is 1020. The minimum atomic E-state index is -0.518. The highest BCUT2D eigenvalue weighted by atomic mass is 35.5. The van der Waals surface area contributed by atoms with Crippen LogP contribution in [0.25, 0.3) is 4.96 Å². The number of halogens is 2. The molecule has 0 aliphatic rings. The lowest BCUT2D eigenvalue weighted by atomic mass is 10.2. The van der Waals surface area contributed by atoms with Gasteiger partial charge < -0.3 is 9.47 Å². The predicted octanol–water partition coefficient (Wildman–Crippen LogP) is 4.13. The van der Waals surface area contributed by atoms with Crippen LogP contribution in [-0.2, 0) is 11.3 Å². The third-order valence-electron chi connectivity index (χ3n) is 3.50. The fraction of sp³-hybridized carbons (Fsp3) is 0.235. The van der Waals surface area contributed by atoms with E-state index in [0.717, 1.165) is 5.69 Å². The molecule has 0 N–H and O–H groups in total. The average Bonchev–Trinajstić information content (AvgIpc) is 2.95. The Labute approximate surface area is 162 Å². The molecule has 0 saturated carbocycles.